The summed E-state index contributed by atoms with van der Waals surface area (Å²) in [7, 11) is 0. The van der Waals surface area contributed by atoms with Crippen molar-refractivity contribution in [2.45, 2.75) is 59.0 Å². The van der Waals surface area contributed by atoms with E-state index < -0.39 is 0 Å². The van der Waals surface area contributed by atoms with Gasteiger partial charge in [-0.05, 0) is 51.7 Å². The van der Waals surface area contributed by atoms with Crippen molar-refractivity contribution < 1.29 is 4.74 Å². The first-order valence-electron chi connectivity index (χ1n) is 8.09. The molecule has 4 heteroatoms. The van der Waals surface area contributed by atoms with Gasteiger partial charge in [-0.1, -0.05) is 19.8 Å². The summed E-state index contributed by atoms with van der Waals surface area (Å²) >= 11 is 0. The van der Waals surface area contributed by atoms with E-state index in [2.05, 4.69) is 16.8 Å². The molecule has 1 aliphatic heterocycles. The highest BCUT2D eigenvalue weighted by molar-refractivity contribution is 5.54. The standard InChI is InChI=1S/C17H29N3O/c1-5-6-13-9-11-20(12-10-13)15-8-7-14(18)16(19-15)21-17(2,3)4/h7-8,13H,5-6,9-12,18H2,1-4H3. The second kappa shape index (κ2) is 6.54. The Bertz CT molecular complexity index is 460. The number of piperidine rings is 1. The molecule has 1 aliphatic rings. The number of nitrogens with two attached hydrogens (primary N) is 1. The van der Waals surface area contributed by atoms with Crippen LogP contribution in [0.15, 0.2) is 12.1 Å². The third-order valence-corrected chi connectivity index (χ3v) is 3.91. The predicted octanol–water partition coefficient (Wildman–Crippen LogP) is 3.86. The summed E-state index contributed by atoms with van der Waals surface area (Å²) < 4.78 is 5.86. The Morgan fingerprint density at radius 1 is 1.29 bits per heavy atom. The topological polar surface area (TPSA) is 51.4 Å². The number of nitrogens with zero attached hydrogens (tertiary/aromatic N) is 2. The van der Waals surface area contributed by atoms with Gasteiger partial charge in [0.15, 0.2) is 0 Å². The first kappa shape index (κ1) is 15.9. The fraction of sp³-hybridized carbons (Fsp3) is 0.706. The van der Waals surface area contributed by atoms with E-state index in [9.17, 15) is 0 Å². The third-order valence-electron chi connectivity index (χ3n) is 3.91. The van der Waals surface area contributed by atoms with E-state index >= 15 is 0 Å². The highest BCUT2D eigenvalue weighted by Gasteiger charge is 2.21. The molecule has 2 N–H and O–H groups in total. The molecule has 1 fully saturated rings. The molecule has 0 unspecified atom stereocenters. The fourth-order valence-electron chi connectivity index (χ4n) is 2.85. The number of pyridine rings is 1. The van der Waals surface area contributed by atoms with Gasteiger partial charge in [0.1, 0.15) is 11.4 Å². The van der Waals surface area contributed by atoms with Crippen LogP contribution < -0.4 is 15.4 Å². The molecule has 0 bridgehead atoms. The summed E-state index contributed by atoms with van der Waals surface area (Å²) in [4.78, 5) is 6.98. The lowest BCUT2D eigenvalue weighted by Gasteiger charge is -2.33. The zero-order valence-electron chi connectivity index (χ0n) is 13.9. The van der Waals surface area contributed by atoms with Crippen LogP contribution in [0.25, 0.3) is 0 Å². The Labute approximate surface area is 128 Å². The largest absolute Gasteiger partial charge is 0.470 e. The van der Waals surface area contributed by atoms with E-state index in [4.69, 9.17) is 10.5 Å². The van der Waals surface area contributed by atoms with E-state index in [1.54, 1.807) is 0 Å². The van der Waals surface area contributed by atoms with E-state index in [0.29, 0.717) is 11.6 Å². The molecule has 21 heavy (non-hydrogen) atoms. The Morgan fingerprint density at radius 3 is 2.52 bits per heavy atom. The zero-order chi connectivity index (χ0) is 15.5. The molecule has 0 radical (unpaired) electrons. The molecule has 2 rings (SSSR count). The second-order valence-electron chi connectivity index (χ2n) is 7.00. The maximum absolute atomic E-state index is 5.98. The Hall–Kier alpha value is -1.45. The number of hydrogen-bond donors (Lipinski definition) is 1. The van der Waals surface area contributed by atoms with Crippen LogP contribution in [0.5, 0.6) is 5.88 Å². The van der Waals surface area contributed by atoms with Crippen molar-refractivity contribution in [3.63, 3.8) is 0 Å². The van der Waals surface area contributed by atoms with E-state index in [1.165, 1.54) is 25.7 Å². The molecule has 0 amide bonds. The molecule has 0 aromatic carbocycles. The number of anilines is 2. The number of ether oxygens (including phenoxy) is 1. The Morgan fingerprint density at radius 2 is 1.95 bits per heavy atom. The van der Waals surface area contributed by atoms with Crippen LogP contribution in [-0.2, 0) is 0 Å². The Balaban J connectivity index is 2.06. The van der Waals surface area contributed by atoms with Gasteiger partial charge in [-0.15, -0.1) is 0 Å². The lowest BCUT2D eigenvalue weighted by atomic mass is 9.92. The minimum absolute atomic E-state index is 0.284. The smallest absolute Gasteiger partial charge is 0.239 e. The lowest BCUT2D eigenvalue weighted by Crippen LogP contribution is -2.34. The first-order valence-corrected chi connectivity index (χ1v) is 8.09. The zero-order valence-corrected chi connectivity index (χ0v) is 13.9. The minimum Gasteiger partial charge on any atom is -0.470 e. The van der Waals surface area contributed by atoms with Crippen molar-refractivity contribution in [3.8, 4) is 5.88 Å². The lowest BCUT2D eigenvalue weighted by molar-refractivity contribution is 0.125. The molecule has 4 nitrogen and oxygen atoms in total. The van der Waals surface area contributed by atoms with E-state index in [1.807, 2.05) is 32.9 Å². The van der Waals surface area contributed by atoms with Crippen LogP contribution in [0.1, 0.15) is 53.4 Å². The van der Waals surface area contributed by atoms with E-state index in [0.717, 1.165) is 24.8 Å². The summed E-state index contributed by atoms with van der Waals surface area (Å²) in [5.41, 5.74) is 6.30. The normalized spacial score (nSPS) is 17.0. The maximum Gasteiger partial charge on any atom is 0.239 e. The van der Waals surface area contributed by atoms with Gasteiger partial charge in [-0.2, -0.15) is 4.98 Å². The van der Waals surface area contributed by atoms with Crippen LogP contribution in [0.3, 0.4) is 0 Å². The van der Waals surface area contributed by atoms with Crippen LogP contribution in [0.2, 0.25) is 0 Å². The summed E-state index contributed by atoms with van der Waals surface area (Å²) in [6, 6.07) is 3.91. The van der Waals surface area contributed by atoms with Crippen LogP contribution >= 0.6 is 0 Å². The maximum atomic E-state index is 5.98. The van der Waals surface area contributed by atoms with Gasteiger partial charge < -0.3 is 15.4 Å². The number of hydrogen-bond acceptors (Lipinski definition) is 4. The molecule has 1 aromatic rings. The van der Waals surface area contributed by atoms with Gasteiger partial charge in [-0.25, -0.2) is 0 Å². The number of aromatic nitrogens is 1. The molecule has 2 heterocycles. The highest BCUT2D eigenvalue weighted by atomic mass is 16.5. The van der Waals surface area contributed by atoms with Crippen molar-refractivity contribution in [3.05, 3.63) is 12.1 Å². The summed E-state index contributed by atoms with van der Waals surface area (Å²) in [5.74, 6) is 2.42. The molecule has 118 valence electrons. The Kier molecular flexibility index (Phi) is 4.96. The average Bonchev–Trinajstić information content (AvgIpc) is 2.41. The van der Waals surface area contributed by atoms with Gasteiger partial charge in [0, 0.05) is 13.1 Å². The first-order chi connectivity index (χ1) is 9.89. The molecule has 1 saturated heterocycles. The monoisotopic (exact) mass is 291 g/mol. The third kappa shape index (κ3) is 4.51. The van der Waals surface area contributed by atoms with Crippen molar-refractivity contribution in [1.82, 2.24) is 4.98 Å². The number of nitrogen functional groups attached to an aromatic ring is 1. The molecule has 0 spiro atoms. The van der Waals surface area contributed by atoms with Crippen LogP contribution in [0, 0.1) is 5.92 Å². The van der Waals surface area contributed by atoms with Gasteiger partial charge >= 0.3 is 0 Å². The van der Waals surface area contributed by atoms with Crippen LogP contribution in [0.4, 0.5) is 11.5 Å². The SMILES string of the molecule is CCCC1CCN(c2ccc(N)c(OC(C)(C)C)n2)CC1. The number of rotatable bonds is 4. The quantitative estimate of drug-likeness (QED) is 0.915. The highest BCUT2D eigenvalue weighted by Crippen LogP contribution is 2.29. The molecular formula is C17H29N3O. The van der Waals surface area contributed by atoms with Gasteiger partial charge in [-0.3, -0.25) is 0 Å². The van der Waals surface area contributed by atoms with Gasteiger partial charge in [0.25, 0.3) is 0 Å². The average molecular weight is 291 g/mol. The molecular weight excluding hydrogens is 262 g/mol. The molecule has 0 saturated carbocycles. The molecule has 1 aromatic heterocycles. The van der Waals surface area contributed by atoms with E-state index in [-0.39, 0.29) is 5.60 Å². The second-order valence-corrected chi connectivity index (χ2v) is 7.00. The fourth-order valence-corrected chi connectivity index (χ4v) is 2.85. The van der Waals surface area contributed by atoms with Gasteiger partial charge in [0.2, 0.25) is 5.88 Å². The minimum atomic E-state index is -0.284. The van der Waals surface area contributed by atoms with Crippen molar-refractivity contribution >= 4 is 11.5 Å². The summed E-state index contributed by atoms with van der Waals surface area (Å²) in [6.45, 7) is 10.5. The molecule has 0 aliphatic carbocycles. The van der Waals surface area contributed by atoms with Crippen molar-refractivity contribution in [2.24, 2.45) is 5.92 Å². The summed E-state index contributed by atoms with van der Waals surface area (Å²) in [6.07, 6.45) is 5.15. The predicted molar refractivity (Wildman–Crippen MR) is 88.9 cm³/mol. The molecule has 0 atom stereocenters. The van der Waals surface area contributed by atoms with Crippen molar-refractivity contribution in [2.75, 3.05) is 23.7 Å². The van der Waals surface area contributed by atoms with Gasteiger partial charge in [0.05, 0.1) is 5.69 Å². The van der Waals surface area contributed by atoms with Crippen LogP contribution in [-0.4, -0.2) is 23.7 Å². The van der Waals surface area contributed by atoms with Crippen molar-refractivity contribution in [1.29, 1.82) is 0 Å². The summed E-state index contributed by atoms with van der Waals surface area (Å²) in [5, 5.41) is 0.